The summed E-state index contributed by atoms with van der Waals surface area (Å²) in [6.07, 6.45) is 8.91. The van der Waals surface area contributed by atoms with Gasteiger partial charge < -0.3 is 9.88 Å². The number of nitrogens with one attached hydrogen (secondary N) is 1. The predicted octanol–water partition coefficient (Wildman–Crippen LogP) is 3.21. The number of aryl methyl sites for hydroxylation is 1. The minimum absolute atomic E-state index is 0.106. The molecule has 0 spiro atoms. The van der Waals surface area contributed by atoms with E-state index in [1.54, 1.807) is 11.8 Å². The van der Waals surface area contributed by atoms with Crippen LogP contribution in [0.3, 0.4) is 0 Å². The smallest absolute Gasteiger partial charge is 0.225 e. The highest BCUT2D eigenvalue weighted by atomic mass is 32.2. The van der Waals surface area contributed by atoms with Crippen molar-refractivity contribution in [3.8, 4) is 0 Å². The lowest BCUT2D eigenvalue weighted by molar-refractivity contribution is -0.128. The average molecular weight is 324 g/mol. The molecule has 0 saturated heterocycles. The van der Waals surface area contributed by atoms with Crippen molar-refractivity contribution in [2.24, 2.45) is 5.41 Å². The maximum Gasteiger partial charge on any atom is 0.225 e. The minimum Gasteiger partial charge on any atom is -0.356 e. The predicted molar refractivity (Wildman–Crippen MR) is 90.1 cm³/mol. The van der Waals surface area contributed by atoms with Crippen molar-refractivity contribution in [3.63, 3.8) is 0 Å². The third-order valence-electron chi connectivity index (χ3n) is 4.15. The molecule has 1 aromatic heterocycles. The molecule has 1 fully saturated rings. The van der Waals surface area contributed by atoms with E-state index in [2.05, 4.69) is 26.3 Å². The van der Waals surface area contributed by atoms with Crippen molar-refractivity contribution in [1.29, 1.82) is 0 Å². The lowest BCUT2D eigenvalue weighted by Gasteiger charge is -2.18. The molecule has 6 heteroatoms. The van der Waals surface area contributed by atoms with Gasteiger partial charge in [-0.05, 0) is 25.5 Å². The van der Waals surface area contributed by atoms with Gasteiger partial charge in [-0.2, -0.15) is 0 Å². The number of hydrogen-bond donors (Lipinski definition) is 1. The van der Waals surface area contributed by atoms with Gasteiger partial charge in [0.15, 0.2) is 5.16 Å². The summed E-state index contributed by atoms with van der Waals surface area (Å²) in [5.41, 5.74) is -0.324. The summed E-state index contributed by atoms with van der Waals surface area (Å²) in [6.45, 7) is 6.50. The zero-order chi connectivity index (χ0) is 16.2. The van der Waals surface area contributed by atoms with Crippen LogP contribution in [0.5, 0.6) is 0 Å². The number of carbonyl (C=O) groups is 1. The zero-order valence-corrected chi connectivity index (χ0v) is 15.0. The van der Waals surface area contributed by atoms with Gasteiger partial charge in [-0.3, -0.25) is 4.79 Å². The van der Waals surface area contributed by atoms with E-state index in [9.17, 15) is 4.79 Å². The Kier molecular flexibility index (Phi) is 5.89. The van der Waals surface area contributed by atoms with Gasteiger partial charge in [0.2, 0.25) is 5.91 Å². The first-order valence-corrected chi connectivity index (χ1v) is 9.42. The molecule has 0 bridgehead atoms. The van der Waals surface area contributed by atoms with Crippen molar-refractivity contribution in [3.05, 3.63) is 5.82 Å². The first-order chi connectivity index (χ1) is 10.4. The van der Waals surface area contributed by atoms with E-state index >= 15 is 0 Å². The van der Waals surface area contributed by atoms with Gasteiger partial charge in [-0.1, -0.05) is 45.4 Å². The molecule has 22 heavy (non-hydrogen) atoms. The topological polar surface area (TPSA) is 59.8 Å². The first kappa shape index (κ1) is 17.3. The second kappa shape index (κ2) is 7.49. The van der Waals surface area contributed by atoms with Gasteiger partial charge in [0, 0.05) is 24.4 Å². The van der Waals surface area contributed by atoms with E-state index in [-0.39, 0.29) is 11.3 Å². The second-order valence-corrected chi connectivity index (χ2v) is 7.79. The average Bonchev–Trinajstić information content (AvgIpc) is 3.10. The van der Waals surface area contributed by atoms with Crippen LogP contribution >= 0.6 is 11.8 Å². The Balaban J connectivity index is 1.90. The van der Waals surface area contributed by atoms with Gasteiger partial charge in [-0.15, -0.1) is 10.2 Å². The summed E-state index contributed by atoms with van der Waals surface area (Å²) in [6, 6.07) is 0.566. The van der Waals surface area contributed by atoms with Gasteiger partial charge in [0.1, 0.15) is 5.82 Å². The second-order valence-electron chi connectivity index (χ2n) is 7.02. The van der Waals surface area contributed by atoms with Gasteiger partial charge in [0.25, 0.3) is 0 Å². The summed E-state index contributed by atoms with van der Waals surface area (Å²) in [7, 11) is 0. The fourth-order valence-corrected chi connectivity index (χ4v) is 3.43. The number of rotatable bonds is 6. The molecule has 0 unspecified atom stereocenters. The molecule has 1 saturated carbocycles. The minimum atomic E-state index is -0.324. The SMILES string of the molecule is CSc1nnc(CCCNC(=O)C(C)(C)C)n1C1CCCC1. The number of hydrogen-bond acceptors (Lipinski definition) is 4. The Hall–Kier alpha value is -1.04. The van der Waals surface area contributed by atoms with E-state index in [0.29, 0.717) is 12.6 Å². The number of carbonyl (C=O) groups excluding carboxylic acids is 1. The van der Waals surface area contributed by atoms with Crippen LogP contribution < -0.4 is 5.32 Å². The van der Waals surface area contributed by atoms with Crippen LogP contribution in [-0.4, -0.2) is 33.5 Å². The van der Waals surface area contributed by atoms with Crippen LogP contribution in [0, 0.1) is 5.41 Å². The highest BCUT2D eigenvalue weighted by Crippen LogP contribution is 2.33. The molecule has 0 radical (unpaired) electrons. The lowest BCUT2D eigenvalue weighted by Crippen LogP contribution is -2.35. The number of aromatic nitrogens is 3. The fourth-order valence-electron chi connectivity index (χ4n) is 2.86. The summed E-state index contributed by atoms with van der Waals surface area (Å²) in [5, 5.41) is 12.7. The summed E-state index contributed by atoms with van der Waals surface area (Å²) in [4.78, 5) is 11.9. The molecule has 5 nitrogen and oxygen atoms in total. The largest absolute Gasteiger partial charge is 0.356 e. The van der Waals surface area contributed by atoms with E-state index in [4.69, 9.17) is 0 Å². The third kappa shape index (κ3) is 4.24. The van der Waals surface area contributed by atoms with Crippen LogP contribution in [0.4, 0.5) is 0 Å². The number of amides is 1. The van der Waals surface area contributed by atoms with Crippen molar-refractivity contribution in [2.45, 2.75) is 70.5 Å². The van der Waals surface area contributed by atoms with E-state index in [1.807, 2.05) is 20.8 Å². The Morgan fingerprint density at radius 3 is 2.59 bits per heavy atom. The summed E-state index contributed by atoms with van der Waals surface area (Å²) < 4.78 is 2.34. The number of nitrogens with zero attached hydrogens (tertiary/aromatic N) is 3. The molecular weight excluding hydrogens is 296 g/mol. The highest BCUT2D eigenvalue weighted by Gasteiger charge is 2.24. The number of thioether (sulfide) groups is 1. The van der Waals surface area contributed by atoms with Gasteiger partial charge in [0.05, 0.1) is 0 Å². The first-order valence-electron chi connectivity index (χ1n) is 8.19. The molecule has 0 aromatic carbocycles. The quantitative estimate of drug-likeness (QED) is 0.645. The van der Waals surface area contributed by atoms with E-state index in [0.717, 1.165) is 23.8 Å². The molecule has 124 valence electrons. The van der Waals surface area contributed by atoms with Crippen molar-refractivity contribution in [2.75, 3.05) is 12.8 Å². The van der Waals surface area contributed by atoms with Crippen molar-refractivity contribution < 1.29 is 4.79 Å². The monoisotopic (exact) mass is 324 g/mol. The van der Waals surface area contributed by atoms with Crippen LogP contribution in [0.2, 0.25) is 0 Å². The maximum absolute atomic E-state index is 11.9. The maximum atomic E-state index is 11.9. The molecule has 0 atom stereocenters. The Bertz CT molecular complexity index is 501. The highest BCUT2D eigenvalue weighted by molar-refractivity contribution is 7.98. The third-order valence-corrected chi connectivity index (χ3v) is 4.79. The summed E-state index contributed by atoms with van der Waals surface area (Å²) >= 11 is 1.67. The molecule has 1 aliphatic carbocycles. The standard InChI is InChI=1S/C16H28N4OS/c1-16(2,3)14(21)17-11-7-10-13-18-19-15(22-4)20(13)12-8-5-6-9-12/h12H,5-11H2,1-4H3,(H,17,21). The van der Waals surface area contributed by atoms with Crippen LogP contribution in [0.15, 0.2) is 5.16 Å². The van der Waals surface area contributed by atoms with Crippen LogP contribution in [-0.2, 0) is 11.2 Å². The van der Waals surface area contributed by atoms with E-state index < -0.39 is 0 Å². The van der Waals surface area contributed by atoms with Crippen molar-refractivity contribution >= 4 is 17.7 Å². The van der Waals surface area contributed by atoms with E-state index in [1.165, 1.54) is 25.7 Å². The Labute approximate surface area is 137 Å². The normalized spacial score (nSPS) is 16.2. The molecular formula is C16H28N4OS. The fraction of sp³-hybridized carbons (Fsp3) is 0.812. The Morgan fingerprint density at radius 2 is 2.00 bits per heavy atom. The van der Waals surface area contributed by atoms with Gasteiger partial charge in [-0.25, -0.2) is 0 Å². The lowest BCUT2D eigenvalue weighted by atomic mass is 9.96. The molecule has 1 aliphatic rings. The van der Waals surface area contributed by atoms with Gasteiger partial charge >= 0.3 is 0 Å². The molecule has 2 rings (SSSR count). The summed E-state index contributed by atoms with van der Waals surface area (Å²) in [5.74, 6) is 1.18. The van der Waals surface area contributed by atoms with Crippen LogP contribution in [0.1, 0.15) is 64.7 Å². The molecule has 1 aromatic rings. The van der Waals surface area contributed by atoms with Crippen LogP contribution in [0.25, 0.3) is 0 Å². The Morgan fingerprint density at radius 1 is 1.32 bits per heavy atom. The molecule has 1 heterocycles. The van der Waals surface area contributed by atoms with Crippen molar-refractivity contribution in [1.82, 2.24) is 20.1 Å². The molecule has 1 N–H and O–H groups in total. The molecule has 1 amide bonds. The molecule has 0 aliphatic heterocycles. The zero-order valence-electron chi connectivity index (χ0n) is 14.2.